The van der Waals surface area contributed by atoms with E-state index in [-0.39, 0.29) is 12.2 Å². The Morgan fingerprint density at radius 2 is 2.31 bits per heavy atom. The number of primary amides is 1. The summed E-state index contributed by atoms with van der Waals surface area (Å²) in [5.41, 5.74) is 4.92. The van der Waals surface area contributed by atoms with Crippen molar-refractivity contribution < 1.29 is 9.59 Å². The van der Waals surface area contributed by atoms with Gasteiger partial charge in [0.25, 0.3) is 0 Å². The first kappa shape index (κ1) is 10.2. The lowest BCUT2D eigenvalue weighted by molar-refractivity contribution is -0.117. The highest BCUT2D eigenvalue weighted by Gasteiger charge is 2.17. The smallest absolute Gasteiger partial charge is 0.235 e. The van der Waals surface area contributed by atoms with Crippen LogP contribution in [0, 0.1) is 0 Å². The van der Waals surface area contributed by atoms with Crippen LogP contribution in [0.15, 0.2) is 17.5 Å². The van der Waals surface area contributed by atoms with Crippen LogP contribution < -0.4 is 5.73 Å². The zero-order valence-electron chi connectivity index (χ0n) is 6.70. The van der Waals surface area contributed by atoms with Crippen LogP contribution in [0.25, 0.3) is 0 Å². The number of Topliss-reactive ketones (excluding diaryl/α,β-unsaturated/α-hetero) is 1. The average molecular weight is 218 g/mol. The second-order valence-corrected chi connectivity index (χ2v) is 3.95. The number of alkyl halides is 1. The summed E-state index contributed by atoms with van der Waals surface area (Å²) < 4.78 is 0. The van der Waals surface area contributed by atoms with Gasteiger partial charge in [-0.05, 0) is 11.4 Å². The van der Waals surface area contributed by atoms with Crippen molar-refractivity contribution in [1.82, 2.24) is 0 Å². The highest BCUT2D eigenvalue weighted by Crippen LogP contribution is 2.14. The Kier molecular flexibility index (Phi) is 3.45. The highest BCUT2D eigenvalue weighted by molar-refractivity contribution is 7.12. The molecule has 0 saturated heterocycles. The second-order valence-electron chi connectivity index (χ2n) is 2.47. The Bertz CT molecular complexity index is 310. The van der Waals surface area contributed by atoms with Gasteiger partial charge in [0.05, 0.1) is 4.88 Å². The molecule has 1 aromatic heterocycles. The van der Waals surface area contributed by atoms with Gasteiger partial charge in [-0.15, -0.1) is 22.9 Å². The Morgan fingerprint density at radius 1 is 1.62 bits per heavy atom. The number of ketones is 1. The van der Waals surface area contributed by atoms with Crippen molar-refractivity contribution in [2.75, 3.05) is 0 Å². The third kappa shape index (κ3) is 2.82. The Morgan fingerprint density at radius 3 is 2.77 bits per heavy atom. The van der Waals surface area contributed by atoms with Gasteiger partial charge < -0.3 is 5.73 Å². The van der Waals surface area contributed by atoms with E-state index in [2.05, 4.69) is 0 Å². The lowest BCUT2D eigenvalue weighted by Gasteiger charge is -2.01. The number of hydrogen-bond acceptors (Lipinski definition) is 3. The minimum Gasteiger partial charge on any atom is -0.368 e. The molecule has 13 heavy (non-hydrogen) atoms. The summed E-state index contributed by atoms with van der Waals surface area (Å²) in [5.74, 6) is -0.805. The number of amides is 1. The van der Waals surface area contributed by atoms with Crippen LogP contribution in [0.2, 0.25) is 0 Å². The van der Waals surface area contributed by atoms with Crippen molar-refractivity contribution in [2.24, 2.45) is 5.73 Å². The molecule has 0 radical (unpaired) electrons. The highest BCUT2D eigenvalue weighted by atomic mass is 35.5. The average Bonchev–Trinajstić information content (AvgIpc) is 2.55. The molecule has 70 valence electrons. The summed E-state index contributed by atoms with van der Waals surface area (Å²) in [5, 5.41) is 0.885. The van der Waals surface area contributed by atoms with E-state index in [9.17, 15) is 9.59 Å². The maximum Gasteiger partial charge on any atom is 0.235 e. The molecule has 3 nitrogen and oxygen atoms in total. The van der Waals surface area contributed by atoms with Crippen LogP contribution in [0.3, 0.4) is 0 Å². The van der Waals surface area contributed by atoms with Crippen molar-refractivity contribution >= 4 is 34.6 Å². The molecule has 5 heteroatoms. The lowest BCUT2D eigenvalue weighted by atomic mass is 10.2. The summed E-state index contributed by atoms with van der Waals surface area (Å²) in [6, 6.07) is 3.46. The SMILES string of the molecule is NC(=O)C(Cl)CC(=O)c1cccs1. The van der Waals surface area contributed by atoms with Gasteiger partial charge in [-0.25, -0.2) is 0 Å². The molecule has 1 rings (SSSR count). The monoisotopic (exact) mass is 217 g/mol. The number of thiophene rings is 1. The van der Waals surface area contributed by atoms with Crippen LogP contribution in [-0.4, -0.2) is 17.1 Å². The van der Waals surface area contributed by atoms with Crippen LogP contribution in [0.1, 0.15) is 16.1 Å². The molecule has 1 heterocycles. The van der Waals surface area contributed by atoms with E-state index in [1.165, 1.54) is 11.3 Å². The first-order valence-electron chi connectivity index (χ1n) is 3.61. The van der Waals surface area contributed by atoms with Crippen molar-refractivity contribution in [1.29, 1.82) is 0 Å². The fourth-order valence-corrected chi connectivity index (χ4v) is 1.62. The minimum atomic E-state index is -0.908. The van der Waals surface area contributed by atoms with E-state index in [0.717, 1.165) is 0 Å². The molecule has 0 aliphatic rings. The van der Waals surface area contributed by atoms with E-state index >= 15 is 0 Å². The summed E-state index contributed by atoms with van der Waals surface area (Å²) in [7, 11) is 0. The molecule has 2 N–H and O–H groups in total. The number of hydrogen-bond donors (Lipinski definition) is 1. The van der Waals surface area contributed by atoms with Gasteiger partial charge in [-0.2, -0.15) is 0 Å². The van der Waals surface area contributed by atoms with Gasteiger partial charge >= 0.3 is 0 Å². The van der Waals surface area contributed by atoms with Crippen molar-refractivity contribution in [3.05, 3.63) is 22.4 Å². The molecule has 1 atom stereocenters. The Balaban J connectivity index is 2.56. The third-order valence-corrected chi connectivity index (χ3v) is 2.75. The van der Waals surface area contributed by atoms with Crippen LogP contribution in [-0.2, 0) is 4.79 Å². The standard InChI is InChI=1S/C8H8ClNO2S/c9-5(8(10)12)4-6(11)7-2-1-3-13-7/h1-3,5H,4H2,(H2,10,12). The number of halogens is 1. The van der Waals surface area contributed by atoms with Crippen molar-refractivity contribution in [2.45, 2.75) is 11.8 Å². The zero-order valence-corrected chi connectivity index (χ0v) is 8.27. The molecule has 0 saturated carbocycles. The van der Waals surface area contributed by atoms with Crippen LogP contribution >= 0.6 is 22.9 Å². The van der Waals surface area contributed by atoms with E-state index in [4.69, 9.17) is 17.3 Å². The van der Waals surface area contributed by atoms with Gasteiger partial charge in [0.15, 0.2) is 5.78 Å². The molecule has 0 aliphatic heterocycles. The normalized spacial score (nSPS) is 12.4. The number of carbonyl (C=O) groups excluding carboxylic acids is 2. The fraction of sp³-hybridized carbons (Fsp3) is 0.250. The molecular weight excluding hydrogens is 210 g/mol. The molecule has 0 bridgehead atoms. The summed E-state index contributed by atoms with van der Waals surface area (Å²) >= 11 is 6.86. The molecular formula is C8H8ClNO2S. The quantitative estimate of drug-likeness (QED) is 0.613. The van der Waals surface area contributed by atoms with Gasteiger partial charge in [0.1, 0.15) is 5.38 Å². The largest absolute Gasteiger partial charge is 0.368 e. The second kappa shape index (κ2) is 4.39. The molecule has 1 amide bonds. The van der Waals surface area contributed by atoms with E-state index < -0.39 is 11.3 Å². The maximum atomic E-state index is 11.3. The van der Waals surface area contributed by atoms with Gasteiger partial charge in [-0.3, -0.25) is 9.59 Å². The fourth-order valence-electron chi connectivity index (χ4n) is 0.801. The van der Waals surface area contributed by atoms with E-state index in [0.29, 0.717) is 4.88 Å². The Labute approximate surface area is 84.5 Å². The predicted octanol–water partition coefficient (Wildman–Crippen LogP) is 1.41. The number of nitrogens with two attached hydrogens (primary N) is 1. The van der Waals surface area contributed by atoms with Gasteiger partial charge in [-0.1, -0.05) is 6.07 Å². The number of carbonyl (C=O) groups is 2. The summed E-state index contributed by atoms with van der Waals surface area (Å²) in [6.45, 7) is 0. The summed E-state index contributed by atoms with van der Waals surface area (Å²) in [6.07, 6.45) is -0.0304. The molecule has 1 unspecified atom stereocenters. The summed E-state index contributed by atoms with van der Waals surface area (Å²) in [4.78, 5) is 22.5. The topological polar surface area (TPSA) is 60.2 Å². The van der Waals surface area contributed by atoms with Gasteiger partial charge in [0, 0.05) is 6.42 Å². The molecule has 1 aromatic rings. The van der Waals surface area contributed by atoms with Gasteiger partial charge in [0.2, 0.25) is 5.91 Å². The maximum absolute atomic E-state index is 11.3. The van der Waals surface area contributed by atoms with Crippen molar-refractivity contribution in [3.8, 4) is 0 Å². The van der Waals surface area contributed by atoms with Crippen LogP contribution in [0.4, 0.5) is 0 Å². The first-order valence-corrected chi connectivity index (χ1v) is 4.93. The molecule has 0 fully saturated rings. The Hall–Kier alpha value is -0.870. The zero-order chi connectivity index (χ0) is 9.84. The third-order valence-electron chi connectivity index (χ3n) is 1.47. The van der Waals surface area contributed by atoms with Crippen LogP contribution in [0.5, 0.6) is 0 Å². The van der Waals surface area contributed by atoms with E-state index in [1.807, 2.05) is 0 Å². The predicted molar refractivity (Wildman–Crippen MR) is 52.1 cm³/mol. The molecule has 0 spiro atoms. The number of rotatable bonds is 4. The lowest BCUT2D eigenvalue weighted by Crippen LogP contribution is -2.25. The van der Waals surface area contributed by atoms with E-state index in [1.54, 1.807) is 17.5 Å². The molecule has 0 aliphatic carbocycles. The molecule has 0 aromatic carbocycles. The van der Waals surface area contributed by atoms with Crippen molar-refractivity contribution in [3.63, 3.8) is 0 Å². The minimum absolute atomic E-state index is 0.0304. The first-order chi connectivity index (χ1) is 6.11.